The molecule has 0 fully saturated rings. The molecular weight excluding hydrogens is 328 g/mol. The predicted molar refractivity (Wildman–Crippen MR) is 87.9 cm³/mol. The van der Waals surface area contributed by atoms with Crippen LogP contribution >= 0.6 is 0 Å². The average Bonchev–Trinajstić information content (AvgIpc) is 3.10. The van der Waals surface area contributed by atoms with Gasteiger partial charge in [-0.25, -0.2) is 8.78 Å². The van der Waals surface area contributed by atoms with Crippen molar-refractivity contribution in [2.45, 2.75) is 19.5 Å². The van der Waals surface area contributed by atoms with E-state index in [9.17, 15) is 8.78 Å². The number of rotatable bonds is 6. The van der Waals surface area contributed by atoms with Crippen molar-refractivity contribution in [3.63, 3.8) is 0 Å². The summed E-state index contributed by atoms with van der Waals surface area (Å²) < 4.78 is 37.2. The molecule has 1 atom stereocenters. The third kappa shape index (κ3) is 3.83. The number of benzene rings is 2. The Hall–Kier alpha value is -2.80. The number of ether oxygens (including phenoxy) is 1. The Balaban J connectivity index is 1.68. The number of halogens is 2. The van der Waals surface area contributed by atoms with Gasteiger partial charge in [0.25, 0.3) is 5.89 Å². The molecule has 25 heavy (non-hydrogen) atoms. The van der Waals surface area contributed by atoms with Gasteiger partial charge in [-0.05, 0) is 36.8 Å². The van der Waals surface area contributed by atoms with Crippen molar-refractivity contribution in [2.24, 2.45) is 0 Å². The monoisotopic (exact) mass is 345 g/mol. The summed E-state index contributed by atoms with van der Waals surface area (Å²) in [6, 6.07) is 10.9. The Morgan fingerprint density at radius 2 is 1.92 bits per heavy atom. The first-order valence-electron chi connectivity index (χ1n) is 7.72. The number of para-hydroxylation sites is 1. The molecule has 5 nitrogen and oxygen atoms in total. The van der Waals surface area contributed by atoms with Gasteiger partial charge in [0.15, 0.2) is 11.6 Å². The molecule has 0 amide bonds. The minimum atomic E-state index is -0.873. The lowest BCUT2D eigenvalue weighted by atomic mass is 10.1. The minimum Gasteiger partial charge on any atom is -0.496 e. The largest absolute Gasteiger partial charge is 0.496 e. The Morgan fingerprint density at radius 1 is 1.12 bits per heavy atom. The molecule has 0 saturated heterocycles. The first kappa shape index (κ1) is 17.0. The average molecular weight is 345 g/mol. The van der Waals surface area contributed by atoms with Crippen LogP contribution < -0.4 is 10.1 Å². The highest BCUT2D eigenvalue weighted by Gasteiger charge is 2.14. The zero-order chi connectivity index (χ0) is 17.8. The van der Waals surface area contributed by atoms with Crippen LogP contribution in [0, 0.1) is 11.6 Å². The number of hydrogen-bond acceptors (Lipinski definition) is 5. The van der Waals surface area contributed by atoms with Crippen molar-refractivity contribution >= 4 is 0 Å². The second kappa shape index (κ2) is 7.40. The normalized spacial score (nSPS) is 12.2. The highest BCUT2D eigenvalue weighted by atomic mass is 19.2. The predicted octanol–water partition coefficient (Wildman–Crippen LogP) is 3.87. The molecule has 0 unspecified atom stereocenters. The fourth-order valence-corrected chi connectivity index (χ4v) is 2.40. The molecule has 0 radical (unpaired) electrons. The molecule has 0 saturated carbocycles. The highest BCUT2D eigenvalue weighted by Crippen LogP contribution is 2.28. The Bertz CT molecular complexity index is 867. The van der Waals surface area contributed by atoms with E-state index in [0.29, 0.717) is 35.2 Å². The first-order valence-corrected chi connectivity index (χ1v) is 7.72. The van der Waals surface area contributed by atoms with Crippen LogP contribution in [0.15, 0.2) is 46.9 Å². The lowest BCUT2D eigenvalue weighted by Crippen LogP contribution is -2.18. The summed E-state index contributed by atoms with van der Waals surface area (Å²) >= 11 is 0. The zero-order valence-electron chi connectivity index (χ0n) is 13.8. The molecule has 0 aliphatic carbocycles. The third-order valence-electron chi connectivity index (χ3n) is 3.81. The SMILES string of the molecule is COc1ccccc1-c1nnc(CN[C@H](C)c2ccc(F)c(F)c2)o1. The van der Waals surface area contributed by atoms with Gasteiger partial charge < -0.3 is 14.5 Å². The first-order chi connectivity index (χ1) is 12.1. The van der Waals surface area contributed by atoms with Crippen molar-refractivity contribution in [3.05, 3.63) is 65.6 Å². The molecular formula is C18H17F2N3O2. The van der Waals surface area contributed by atoms with Crippen LogP contribution in [0.5, 0.6) is 5.75 Å². The second-order valence-corrected chi connectivity index (χ2v) is 5.48. The van der Waals surface area contributed by atoms with Gasteiger partial charge in [0, 0.05) is 6.04 Å². The van der Waals surface area contributed by atoms with Crippen molar-refractivity contribution in [3.8, 4) is 17.2 Å². The van der Waals surface area contributed by atoms with Crippen LogP contribution in [-0.2, 0) is 6.54 Å². The molecule has 3 aromatic rings. The van der Waals surface area contributed by atoms with E-state index in [2.05, 4.69) is 15.5 Å². The van der Waals surface area contributed by atoms with Crippen molar-refractivity contribution < 1.29 is 17.9 Å². The van der Waals surface area contributed by atoms with Gasteiger partial charge in [-0.3, -0.25) is 0 Å². The summed E-state index contributed by atoms with van der Waals surface area (Å²) in [5, 5.41) is 11.2. The maximum atomic E-state index is 13.3. The quantitative estimate of drug-likeness (QED) is 0.735. The van der Waals surface area contributed by atoms with Gasteiger partial charge in [-0.2, -0.15) is 0 Å². The van der Waals surface area contributed by atoms with E-state index in [1.54, 1.807) is 7.11 Å². The summed E-state index contributed by atoms with van der Waals surface area (Å²) in [6.45, 7) is 2.13. The van der Waals surface area contributed by atoms with Crippen LogP contribution in [0.25, 0.3) is 11.5 Å². The van der Waals surface area contributed by atoms with Gasteiger partial charge in [0.2, 0.25) is 5.89 Å². The standard InChI is InChI=1S/C18H17F2N3O2/c1-11(12-7-8-14(19)15(20)9-12)21-10-17-22-23-18(25-17)13-5-3-4-6-16(13)24-2/h3-9,11,21H,10H2,1-2H3/t11-/m1/s1. The van der Waals surface area contributed by atoms with Crippen LogP contribution in [0.3, 0.4) is 0 Å². The lowest BCUT2D eigenvalue weighted by molar-refractivity contribution is 0.412. The molecule has 1 aromatic heterocycles. The van der Waals surface area contributed by atoms with Crippen molar-refractivity contribution in [2.75, 3.05) is 7.11 Å². The molecule has 0 aliphatic rings. The fraction of sp³-hybridized carbons (Fsp3) is 0.222. The molecule has 0 aliphatic heterocycles. The van der Waals surface area contributed by atoms with E-state index in [4.69, 9.17) is 9.15 Å². The fourth-order valence-electron chi connectivity index (χ4n) is 2.40. The zero-order valence-corrected chi connectivity index (χ0v) is 13.8. The van der Waals surface area contributed by atoms with E-state index >= 15 is 0 Å². The van der Waals surface area contributed by atoms with E-state index in [-0.39, 0.29) is 6.04 Å². The van der Waals surface area contributed by atoms with E-state index in [1.165, 1.54) is 12.1 Å². The number of methoxy groups -OCH3 is 1. The molecule has 1 N–H and O–H groups in total. The minimum absolute atomic E-state index is 0.211. The number of nitrogens with one attached hydrogen (secondary N) is 1. The van der Waals surface area contributed by atoms with E-state index < -0.39 is 11.6 Å². The number of hydrogen-bond donors (Lipinski definition) is 1. The highest BCUT2D eigenvalue weighted by molar-refractivity contribution is 5.62. The molecule has 0 spiro atoms. The maximum Gasteiger partial charge on any atom is 0.251 e. The van der Waals surface area contributed by atoms with E-state index in [1.807, 2.05) is 31.2 Å². The second-order valence-electron chi connectivity index (χ2n) is 5.48. The molecule has 2 aromatic carbocycles. The summed E-state index contributed by atoms with van der Waals surface area (Å²) in [5.74, 6) is -0.359. The van der Waals surface area contributed by atoms with Crippen LogP contribution in [0.2, 0.25) is 0 Å². The Kier molecular flexibility index (Phi) is 5.04. The van der Waals surface area contributed by atoms with Crippen molar-refractivity contribution in [1.82, 2.24) is 15.5 Å². The molecule has 7 heteroatoms. The summed E-state index contributed by atoms with van der Waals surface area (Å²) in [4.78, 5) is 0. The Labute approximate surface area is 143 Å². The molecule has 0 bridgehead atoms. The Morgan fingerprint density at radius 3 is 2.68 bits per heavy atom. The van der Waals surface area contributed by atoms with Crippen molar-refractivity contribution in [1.29, 1.82) is 0 Å². The maximum absolute atomic E-state index is 13.3. The van der Waals surface area contributed by atoms with Gasteiger partial charge in [0.05, 0.1) is 19.2 Å². The molecule has 130 valence electrons. The van der Waals surface area contributed by atoms with E-state index in [0.717, 1.165) is 6.07 Å². The topological polar surface area (TPSA) is 60.2 Å². The van der Waals surface area contributed by atoms with Gasteiger partial charge in [-0.1, -0.05) is 18.2 Å². The molecule has 3 rings (SSSR count). The third-order valence-corrected chi connectivity index (χ3v) is 3.81. The van der Waals surface area contributed by atoms with Gasteiger partial charge in [0.1, 0.15) is 5.75 Å². The number of aromatic nitrogens is 2. The summed E-state index contributed by atoms with van der Waals surface area (Å²) in [7, 11) is 1.57. The van der Waals surface area contributed by atoms with Gasteiger partial charge >= 0.3 is 0 Å². The van der Waals surface area contributed by atoms with Gasteiger partial charge in [-0.15, -0.1) is 10.2 Å². The summed E-state index contributed by atoms with van der Waals surface area (Å²) in [6.07, 6.45) is 0. The lowest BCUT2D eigenvalue weighted by Gasteiger charge is -2.12. The summed E-state index contributed by atoms with van der Waals surface area (Å²) in [5.41, 5.74) is 1.33. The van der Waals surface area contributed by atoms with Crippen LogP contribution in [-0.4, -0.2) is 17.3 Å². The smallest absolute Gasteiger partial charge is 0.251 e. The molecule has 1 heterocycles. The van der Waals surface area contributed by atoms with Crippen LogP contribution in [0.1, 0.15) is 24.4 Å². The van der Waals surface area contributed by atoms with Crippen LogP contribution in [0.4, 0.5) is 8.78 Å². The number of nitrogens with zero attached hydrogens (tertiary/aromatic N) is 2.